The van der Waals surface area contributed by atoms with Gasteiger partial charge in [-0.1, -0.05) is 29.5 Å². The molecule has 3 unspecified atom stereocenters. The molecule has 18 heteroatoms. The van der Waals surface area contributed by atoms with Gasteiger partial charge in [-0.05, 0) is 50.5 Å². The number of pyridine rings is 2. The van der Waals surface area contributed by atoms with Crippen molar-refractivity contribution in [3.05, 3.63) is 52.6 Å². The minimum absolute atomic E-state index is 0.0186. The van der Waals surface area contributed by atoms with E-state index in [0.717, 1.165) is 35.7 Å². The van der Waals surface area contributed by atoms with Crippen molar-refractivity contribution in [3.8, 4) is 0 Å². The molecule has 0 radical (unpaired) electrons. The van der Waals surface area contributed by atoms with Crippen LogP contribution in [0.1, 0.15) is 53.7 Å². The number of carbonyl (C=O) groups is 2. The number of hydrogen-bond donors (Lipinski definition) is 3. The second kappa shape index (κ2) is 13.3. The third kappa shape index (κ3) is 7.90. The first-order valence-electron chi connectivity index (χ1n) is 16.0. The van der Waals surface area contributed by atoms with Crippen LogP contribution in [-0.4, -0.2) is 80.5 Å². The number of carbonyl (C=O) groups excluding carboxylic acids is 2. The van der Waals surface area contributed by atoms with E-state index in [9.17, 15) is 27.2 Å². The molecule has 3 fully saturated rings. The summed E-state index contributed by atoms with van der Waals surface area (Å²) in [6.07, 6.45) is 5.27. The largest absolute Gasteiger partial charge is 0.358 e. The molecule has 7 rings (SSSR count). The molecule has 3 aromatic heterocycles. The van der Waals surface area contributed by atoms with Gasteiger partial charge in [0.1, 0.15) is 10.1 Å². The first-order chi connectivity index (χ1) is 23.4. The molecule has 2 saturated heterocycles. The summed E-state index contributed by atoms with van der Waals surface area (Å²) in [6, 6.07) is 6.78. The van der Waals surface area contributed by atoms with Crippen molar-refractivity contribution in [1.29, 1.82) is 0 Å². The van der Waals surface area contributed by atoms with E-state index in [2.05, 4.69) is 41.3 Å². The lowest BCUT2D eigenvalue weighted by Gasteiger charge is -2.40. The lowest BCUT2D eigenvalue weighted by molar-refractivity contribution is -0.120. The van der Waals surface area contributed by atoms with E-state index in [1.807, 2.05) is 0 Å². The predicted molar refractivity (Wildman–Crippen MR) is 178 cm³/mol. The van der Waals surface area contributed by atoms with E-state index in [1.54, 1.807) is 41.0 Å². The normalized spacial score (nSPS) is 23.9. The molecular formula is C31H34F4N10O2S2. The number of anilines is 3. The van der Waals surface area contributed by atoms with E-state index in [4.69, 9.17) is 0 Å². The molecule has 49 heavy (non-hydrogen) atoms. The van der Waals surface area contributed by atoms with Gasteiger partial charge in [0.2, 0.25) is 16.9 Å². The number of aryl methyl sites for hydroxylation is 1. The highest BCUT2D eigenvalue weighted by atomic mass is 32.2. The minimum atomic E-state index is -2.67. The Labute approximate surface area is 287 Å². The van der Waals surface area contributed by atoms with Crippen LogP contribution in [0.15, 0.2) is 35.6 Å². The van der Waals surface area contributed by atoms with Crippen molar-refractivity contribution in [2.75, 3.05) is 41.3 Å². The molecule has 0 spiro atoms. The average Bonchev–Trinajstić information content (AvgIpc) is 3.69. The Morgan fingerprint density at radius 1 is 0.939 bits per heavy atom. The maximum Gasteiger partial charge on any atom is 0.282 e. The van der Waals surface area contributed by atoms with E-state index in [1.165, 1.54) is 29.3 Å². The zero-order chi connectivity index (χ0) is 34.3. The molecule has 260 valence electrons. The second-order valence-electron chi connectivity index (χ2n) is 12.9. The van der Waals surface area contributed by atoms with Crippen LogP contribution < -0.4 is 25.9 Å². The number of hydrogen-bond acceptors (Lipinski definition) is 12. The molecule has 0 aromatic carbocycles. The van der Waals surface area contributed by atoms with Crippen molar-refractivity contribution in [2.24, 2.45) is 11.0 Å². The third-order valence-electron chi connectivity index (χ3n) is 8.88. The lowest BCUT2D eigenvalue weighted by atomic mass is 9.82. The Morgan fingerprint density at radius 3 is 2.37 bits per heavy atom. The van der Waals surface area contributed by atoms with Crippen LogP contribution in [0.2, 0.25) is 0 Å². The number of halogens is 4. The Morgan fingerprint density at radius 2 is 1.65 bits per heavy atom. The molecule has 0 bridgehead atoms. The molecule has 12 nitrogen and oxygen atoms in total. The molecule has 3 atom stereocenters. The number of rotatable bonds is 10. The highest BCUT2D eigenvalue weighted by Crippen LogP contribution is 2.41. The van der Waals surface area contributed by atoms with Crippen LogP contribution in [0.5, 0.6) is 0 Å². The minimum Gasteiger partial charge on any atom is -0.358 e. The average molecular weight is 719 g/mol. The molecule has 3 N–H and O–H groups in total. The highest BCUT2D eigenvalue weighted by Gasteiger charge is 2.45. The van der Waals surface area contributed by atoms with Crippen LogP contribution in [0.4, 0.5) is 34.1 Å². The van der Waals surface area contributed by atoms with Crippen LogP contribution in [0.3, 0.4) is 0 Å². The van der Waals surface area contributed by atoms with Gasteiger partial charge in [-0.3, -0.25) is 25.0 Å². The molecular weight excluding hydrogens is 685 g/mol. The van der Waals surface area contributed by atoms with E-state index >= 15 is 0 Å². The fraction of sp³-hybridized carbons (Fsp3) is 0.516. The molecule has 1 saturated carbocycles. The van der Waals surface area contributed by atoms with Gasteiger partial charge in [-0.25, -0.2) is 17.6 Å². The number of aromatic nitrogens is 4. The van der Waals surface area contributed by atoms with E-state index in [-0.39, 0.29) is 62.7 Å². The number of nitrogens with one attached hydrogen (secondary N) is 3. The fourth-order valence-electron chi connectivity index (χ4n) is 6.45. The number of alkyl halides is 4. The number of hydrazone groups is 1. The summed E-state index contributed by atoms with van der Waals surface area (Å²) < 4.78 is 52.8. The van der Waals surface area contributed by atoms with Crippen molar-refractivity contribution in [2.45, 2.75) is 68.7 Å². The van der Waals surface area contributed by atoms with Gasteiger partial charge in [0.25, 0.3) is 11.8 Å². The van der Waals surface area contributed by atoms with Crippen molar-refractivity contribution < 1.29 is 27.2 Å². The molecule has 3 aliphatic heterocycles. The summed E-state index contributed by atoms with van der Waals surface area (Å²) in [5.74, 6) is -5.52. The Kier molecular flexibility index (Phi) is 9.10. The number of thioether (sulfide) groups is 1. The molecule has 2 amide bonds. The topological polar surface area (TPSA) is 141 Å². The van der Waals surface area contributed by atoms with Gasteiger partial charge >= 0.3 is 0 Å². The van der Waals surface area contributed by atoms with Crippen LogP contribution in [0.25, 0.3) is 0 Å². The second-order valence-corrected chi connectivity index (χ2v) is 15.0. The molecule has 4 aliphatic rings. The summed E-state index contributed by atoms with van der Waals surface area (Å²) >= 11 is 2.82. The SMILES string of the molecule is Cc1nc(CC(=O)Nc2nnc(C3CCCC(C4=NNC(NC(=O)Cc5ccc(N6CC(F)(F)C6)cn5)S4)C3)s2)ccc1N1CC(F)(F)C1. The highest BCUT2D eigenvalue weighted by molar-refractivity contribution is 8.14. The summed E-state index contributed by atoms with van der Waals surface area (Å²) in [6.45, 7) is 0.438. The zero-order valence-electron chi connectivity index (χ0n) is 26.5. The van der Waals surface area contributed by atoms with Crippen molar-refractivity contribution in [3.63, 3.8) is 0 Å². The fourth-order valence-corrected chi connectivity index (χ4v) is 8.40. The number of nitrogens with zero attached hydrogens (tertiary/aromatic N) is 7. The monoisotopic (exact) mass is 718 g/mol. The van der Waals surface area contributed by atoms with E-state index < -0.39 is 17.3 Å². The van der Waals surface area contributed by atoms with E-state index in [0.29, 0.717) is 33.6 Å². The molecule has 3 aromatic rings. The quantitative estimate of drug-likeness (QED) is 0.260. The van der Waals surface area contributed by atoms with Crippen LogP contribution in [0, 0.1) is 12.8 Å². The first kappa shape index (κ1) is 33.4. The van der Waals surface area contributed by atoms with Gasteiger partial charge in [-0.15, -0.1) is 10.2 Å². The zero-order valence-corrected chi connectivity index (χ0v) is 28.1. The molecule has 6 heterocycles. The summed E-state index contributed by atoms with van der Waals surface area (Å²) in [4.78, 5) is 37.3. The molecule has 1 aliphatic carbocycles. The smallest absolute Gasteiger partial charge is 0.282 e. The van der Waals surface area contributed by atoms with Gasteiger partial charge in [-0.2, -0.15) is 5.10 Å². The lowest BCUT2D eigenvalue weighted by Crippen LogP contribution is -2.56. The van der Waals surface area contributed by atoms with Gasteiger partial charge in [0.15, 0.2) is 5.50 Å². The van der Waals surface area contributed by atoms with Crippen molar-refractivity contribution in [1.82, 2.24) is 30.9 Å². The summed E-state index contributed by atoms with van der Waals surface area (Å²) in [5.41, 5.74) is 5.51. The van der Waals surface area contributed by atoms with Gasteiger partial charge in [0, 0.05) is 17.5 Å². The third-order valence-corrected chi connectivity index (χ3v) is 11.0. The maximum atomic E-state index is 13.3. The first-order valence-corrected chi connectivity index (χ1v) is 17.7. The van der Waals surface area contributed by atoms with Gasteiger partial charge in [0.05, 0.1) is 68.0 Å². The summed E-state index contributed by atoms with van der Waals surface area (Å²) in [5, 5.41) is 21.0. The Bertz CT molecular complexity index is 1740. The van der Waals surface area contributed by atoms with Crippen LogP contribution >= 0.6 is 23.1 Å². The predicted octanol–water partition coefficient (Wildman–Crippen LogP) is 4.29. The Balaban J connectivity index is 0.855. The standard InChI is InChI=1S/C31H34F4N10O2S2/c1-17-23(45-15-31(34,35)16-45)8-6-21(37-17)11-25(47)39-29-43-41-27(49-29)19-4-2-3-18(9-19)26-40-42-28(48-26)38-24(46)10-20-5-7-22(12-36-20)44-13-30(32,33)14-44/h5-8,12,18-19,28,42H,2-4,9-11,13-16H2,1H3,(H,38,46)(H,39,43,47). The van der Waals surface area contributed by atoms with Crippen LogP contribution in [-0.2, 0) is 22.4 Å². The Hall–Kier alpha value is -4.06. The van der Waals surface area contributed by atoms with Gasteiger partial charge < -0.3 is 20.4 Å². The number of amides is 2. The van der Waals surface area contributed by atoms with Crippen molar-refractivity contribution >= 4 is 56.5 Å². The maximum absolute atomic E-state index is 13.3. The summed E-state index contributed by atoms with van der Waals surface area (Å²) in [7, 11) is 0.